The number of rotatable bonds is 3. The Hall–Kier alpha value is -0.900. The van der Waals surface area contributed by atoms with Gasteiger partial charge < -0.3 is 8.92 Å². The fourth-order valence-electron chi connectivity index (χ4n) is 1.80. The molecule has 0 saturated heterocycles. The summed E-state index contributed by atoms with van der Waals surface area (Å²) >= 11 is 1.08. The summed E-state index contributed by atoms with van der Waals surface area (Å²) in [7, 11) is 1.65. The van der Waals surface area contributed by atoms with Crippen LogP contribution in [0.5, 0.6) is 0 Å². The summed E-state index contributed by atoms with van der Waals surface area (Å²) in [5.41, 5.74) is 1.69. The van der Waals surface area contributed by atoms with Crippen molar-refractivity contribution in [1.29, 1.82) is 0 Å². The Morgan fingerprint density at radius 3 is 2.73 bits per heavy atom. The van der Waals surface area contributed by atoms with E-state index in [1.54, 1.807) is 13.4 Å². The number of allylic oxidation sites excluding steroid dienone is 3. The van der Waals surface area contributed by atoms with Crippen LogP contribution in [0.25, 0.3) is 0 Å². The normalized spacial score (nSPS) is 21.1. The molecule has 0 aromatic rings. The highest BCUT2D eigenvalue weighted by molar-refractivity contribution is 7.94. The van der Waals surface area contributed by atoms with Crippen molar-refractivity contribution in [2.45, 2.75) is 20.3 Å². The van der Waals surface area contributed by atoms with Crippen molar-refractivity contribution in [2.24, 2.45) is 5.92 Å². The first-order chi connectivity index (χ1) is 7.10. The monoisotopic (exact) mass is 228 g/mol. The molecule has 3 nitrogen and oxygen atoms in total. The molecular formula is C11H16O3S. The number of methoxy groups -OCH3 is 1. The maximum atomic E-state index is 11.6. The van der Waals surface area contributed by atoms with Crippen molar-refractivity contribution in [1.82, 2.24) is 0 Å². The lowest BCUT2D eigenvalue weighted by Gasteiger charge is -2.22. The SMILES string of the molecule is COC1=CC(C)=C(C(=O)OSC)C(C)C1. The average Bonchev–Trinajstić information content (AvgIpc) is 2.16. The van der Waals surface area contributed by atoms with Gasteiger partial charge in [-0.25, -0.2) is 4.79 Å². The Morgan fingerprint density at radius 2 is 2.27 bits per heavy atom. The molecule has 0 N–H and O–H groups in total. The van der Waals surface area contributed by atoms with E-state index in [0.717, 1.165) is 35.4 Å². The highest BCUT2D eigenvalue weighted by Crippen LogP contribution is 2.30. The maximum absolute atomic E-state index is 11.6. The molecule has 0 aliphatic heterocycles. The van der Waals surface area contributed by atoms with Crippen molar-refractivity contribution < 1.29 is 13.7 Å². The van der Waals surface area contributed by atoms with Gasteiger partial charge in [0.25, 0.3) is 0 Å². The largest absolute Gasteiger partial charge is 0.501 e. The quantitative estimate of drug-likeness (QED) is 0.696. The number of carbonyl (C=O) groups is 1. The topological polar surface area (TPSA) is 35.5 Å². The van der Waals surface area contributed by atoms with Crippen molar-refractivity contribution in [3.05, 3.63) is 23.0 Å². The van der Waals surface area contributed by atoms with Crippen LogP contribution in [0.1, 0.15) is 20.3 Å². The van der Waals surface area contributed by atoms with Crippen molar-refractivity contribution in [2.75, 3.05) is 13.4 Å². The van der Waals surface area contributed by atoms with E-state index in [1.807, 2.05) is 19.9 Å². The molecule has 0 fully saturated rings. The molecular weight excluding hydrogens is 212 g/mol. The van der Waals surface area contributed by atoms with Crippen LogP contribution in [0.15, 0.2) is 23.0 Å². The first-order valence-electron chi connectivity index (χ1n) is 4.80. The Balaban J connectivity index is 2.94. The third-order valence-corrected chi connectivity index (χ3v) is 2.76. The van der Waals surface area contributed by atoms with Crippen molar-refractivity contribution in [3.8, 4) is 0 Å². The first-order valence-corrected chi connectivity index (χ1v) is 5.95. The summed E-state index contributed by atoms with van der Waals surface area (Å²) < 4.78 is 10.1. The van der Waals surface area contributed by atoms with Gasteiger partial charge in [0.15, 0.2) is 0 Å². The van der Waals surface area contributed by atoms with Crippen LogP contribution in [-0.4, -0.2) is 19.3 Å². The zero-order valence-corrected chi connectivity index (χ0v) is 10.3. The molecule has 0 radical (unpaired) electrons. The fraction of sp³-hybridized carbons (Fsp3) is 0.545. The number of hydrogen-bond acceptors (Lipinski definition) is 4. The van der Waals surface area contributed by atoms with E-state index in [2.05, 4.69) is 0 Å². The van der Waals surface area contributed by atoms with Gasteiger partial charge in [0.1, 0.15) is 0 Å². The molecule has 0 spiro atoms. The van der Waals surface area contributed by atoms with Crippen LogP contribution in [0.4, 0.5) is 0 Å². The zero-order chi connectivity index (χ0) is 11.4. The summed E-state index contributed by atoms with van der Waals surface area (Å²) in [5, 5.41) is 0. The summed E-state index contributed by atoms with van der Waals surface area (Å²) in [6.07, 6.45) is 4.39. The summed E-state index contributed by atoms with van der Waals surface area (Å²) in [4.78, 5) is 11.6. The standard InChI is InChI=1S/C11H16O3S/c1-7-5-9(13-3)6-8(2)10(7)11(12)14-15-4/h5,8H,6H2,1-4H3. The van der Waals surface area contributed by atoms with Crippen LogP contribution in [0.3, 0.4) is 0 Å². The van der Waals surface area contributed by atoms with Crippen LogP contribution < -0.4 is 0 Å². The lowest BCUT2D eigenvalue weighted by Crippen LogP contribution is -2.17. The molecule has 1 aliphatic carbocycles. The molecule has 0 saturated carbocycles. The first kappa shape index (κ1) is 12.2. The molecule has 0 aromatic carbocycles. The predicted octanol–water partition coefficient (Wildman–Crippen LogP) is 2.69. The van der Waals surface area contributed by atoms with Gasteiger partial charge in [0.2, 0.25) is 0 Å². The van der Waals surface area contributed by atoms with Crippen LogP contribution in [0.2, 0.25) is 0 Å². The predicted molar refractivity (Wildman–Crippen MR) is 61.2 cm³/mol. The molecule has 1 atom stereocenters. The minimum atomic E-state index is -0.237. The molecule has 0 aromatic heterocycles. The number of carbonyl (C=O) groups excluding carboxylic acids is 1. The summed E-state index contributed by atoms with van der Waals surface area (Å²) in [6, 6.07) is 0. The Bertz CT molecular complexity index is 318. The third-order valence-electron chi connectivity index (χ3n) is 2.44. The number of ether oxygens (including phenoxy) is 1. The Morgan fingerprint density at radius 1 is 1.60 bits per heavy atom. The van der Waals surface area contributed by atoms with Crippen LogP contribution >= 0.6 is 12.0 Å². The second kappa shape index (κ2) is 5.26. The molecule has 1 unspecified atom stereocenters. The van der Waals surface area contributed by atoms with Gasteiger partial charge in [-0.05, 0) is 24.5 Å². The van der Waals surface area contributed by atoms with Crippen LogP contribution in [0, 0.1) is 5.92 Å². The smallest absolute Gasteiger partial charge is 0.346 e. The van der Waals surface area contributed by atoms with E-state index in [1.165, 1.54) is 0 Å². The molecule has 0 amide bonds. The van der Waals surface area contributed by atoms with E-state index < -0.39 is 0 Å². The Labute approximate surface area is 94.7 Å². The van der Waals surface area contributed by atoms with Crippen molar-refractivity contribution in [3.63, 3.8) is 0 Å². The highest BCUT2D eigenvalue weighted by Gasteiger charge is 2.25. The minimum Gasteiger partial charge on any atom is -0.501 e. The molecule has 1 rings (SSSR count). The molecule has 84 valence electrons. The third kappa shape index (κ3) is 2.78. The molecule has 4 heteroatoms. The van der Waals surface area contributed by atoms with Gasteiger partial charge in [-0.2, -0.15) is 0 Å². The lowest BCUT2D eigenvalue weighted by atomic mass is 9.88. The Kier molecular flexibility index (Phi) is 4.27. The van der Waals surface area contributed by atoms with Gasteiger partial charge >= 0.3 is 5.97 Å². The van der Waals surface area contributed by atoms with Gasteiger partial charge in [-0.1, -0.05) is 6.92 Å². The zero-order valence-electron chi connectivity index (χ0n) is 9.49. The van der Waals surface area contributed by atoms with Crippen LogP contribution in [-0.2, 0) is 13.7 Å². The number of hydrogen-bond donors (Lipinski definition) is 0. The molecule has 0 bridgehead atoms. The fourth-order valence-corrected chi connectivity index (χ4v) is 2.04. The van der Waals surface area contributed by atoms with E-state index in [4.69, 9.17) is 8.92 Å². The molecule has 15 heavy (non-hydrogen) atoms. The lowest BCUT2D eigenvalue weighted by molar-refractivity contribution is -0.129. The van der Waals surface area contributed by atoms with Gasteiger partial charge in [0.05, 0.1) is 24.9 Å². The van der Waals surface area contributed by atoms with E-state index in [9.17, 15) is 4.79 Å². The average molecular weight is 228 g/mol. The molecule has 1 aliphatic rings. The summed E-state index contributed by atoms with van der Waals surface area (Å²) in [6.45, 7) is 3.91. The van der Waals surface area contributed by atoms with E-state index >= 15 is 0 Å². The van der Waals surface area contributed by atoms with E-state index in [0.29, 0.717) is 0 Å². The van der Waals surface area contributed by atoms with Gasteiger partial charge in [0, 0.05) is 18.2 Å². The van der Waals surface area contributed by atoms with Crippen molar-refractivity contribution >= 4 is 18.0 Å². The second-order valence-electron chi connectivity index (χ2n) is 3.55. The van der Waals surface area contributed by atoms with Gasteiger partial charge in [-0.15, -0.1) is 0 Å². The summed E-state index contributed by atoms with van der Waals surface area (Å²) in [5.74, 6) is 0.837. The minimum absolute atomic E-state index is 0.157. The second-order valence-corrected chi connectivity index (χ2v) is 4.05. The maximum Gasteiger partial charge on any atom is 0.346 e. The van der Waals surface area contributed by atoms with Gasteiger partial charge in [-0.3, -0.25) is 0 Å². The molecule has 0 heterocycles. The highest BCUT2D eigenvalue weighted by atomic mass is 32.2. The van der Waals surface area contributed by atoms with E-state index in [-0.39, 0.29) is 11.9 Å².